The minimum absolute atomic E-state index is 0.00131. The lowest BCUT2D eigenvalue weighted by molar-refractivity contribution is -0.142. The van der Waals surface area contributed by atoms with Crippen LogP contribution in [0.4, 0.5) is 5.69 Å². The molecular formula is C24H27N3O5S. The number of hydrogen-bond donors (Lipinski definition) is 0. The molecule has 1 atom stereocenters. The van der Waals surface area contributed by atoms with Crippen LogP contribution in [-0.2, 0) is 26.0 Å². The molecule has 0 saturated carbocycles. The maximum atomic E-state index is 13.3. The van der Waals surface area contributed by atoms with E-state index in [1.165, 1.54) is 16.4 Å². The van der Waals surface area contributed by atoms with Gasteiger partial charge in [-0.25, -0.2) is 8.42 Å². The summed E-state index contributed by atoms with van der Waals surface area (Å²) in [6, 6.07) is 13.7. The first-order valence-corrected chi connectivity index (χ1v) is 12.8. The van der Waals surface area contributed by atoms with Crippen molar-refractivity contribution in [3.63, 3.8) is 0 Å². The Morgan fingerprint density at radius 2 is 1.67 bits per heavy atom. The van der Waals surface area contributed by atoms with Crippen molar-refractivity contribution in [2.75, 3.05) is 43.6 Å². The summed E-state index contributed by atoms with van der Waals surface area (Å²) in [5, 5.41) is 0. The number of benzene rings is 2. The average molecular weight is 470 g/mol. The number of carbonyl (C=O) groups is 2. The third-order valence-corrected chi connectivity index (χ3v) is 8.41. The number of hydrogen-bond acceptors (Lipinski definition) is 5. The number of para-hydroxylation sites is 1. The largest absolute Gasteiger partial charge is 0.368 e. The first-order valence-electron chi connectivity index (χ1n) is 11.4. The molecule has 0 N–H and O–H groups in total. The SMILES string of the molecule is O=C(c1cccc(S(=O)(=O)N2CCc3ccccc32)c1)N1CCN(C(=O)C2CCCO2)CC1. The number of carbonyl (C=O) groups excluding carboxylic acids is 2. The van der Waals surface area contributed by atoms with E-state index >= 15 is 0 Å². The second-order valence-corrected chi connectivity index (χ2v) is 10.5. The Bertz CT molecular complexity index is 1170. The first-order chi connectivity index (χ1) is 15.9. The molecule has 9 heteroatoms. The molecule has 0 aliphatic carbocycles. The number of rotatable bonds is 4. The second kappa shape index (κ2) is 8.79. The molecule has 2 saturated heterocycles. The molecule has 2 fully saturated rings. The lowest BCUT2D eigenvalue weighted by Gasteiger charge is -2.35. The molecule has 2 aromatic rings. The van der Waals surface area contributed by atoms with Crippen LogP contribution in [-0.4, -0.2) is 75.5 Å². The standard InChI is InChI=1S/C24H27N3O5S/c28-23(25-12-14-26(15-13-25)24(29)22-9-4-16-32-22)19-6-3-7-20(17-19)33(30,31)27-11-10-18-5-1-2-8-21(18)27/h1-3,5-8,17,22H,4,9-16H2. The predicted molar refractivity (Wildman–Crippen MR) is 123 cm³/mol. The molecule has 2 aromatic carbocycles. The normalized spacial score (nSPS) is 20.7. The lowest BCUT2D eigenvalue weighted by atomic mass is 10.1. The Labute approximate surface area is 193 Å². The highest BCUT2D eigenvalue weighted by Crippen LogP contribution is 2.33. The van der Waals surface area contributed by atoms with Gasteiger partial charge in [0.05, 0.1) is 10.6 Å². The summed E-state index contributed by atoms with van der Waals surface area (Å²) in [7, 11) is -3.77. The van der Waals surface area contributed by atoms with Crippen LogP contribution < -0.4 is 4.31 Å². The van der Waals surface area contributed by atoms with E-state index in [-0.39, 0.29) is 22.8 Å². The van der Waals surface area contributed by atoms with E-state index in [4.69, 9.17) is 4.74 Å². The van der Waals surface area contributed by atoms with Gasteiger partial charge in [0.15, 0.2) is 0 Å². The fourth-order valence-corrected chi connectivity index (χ4v) is 6.31. The molecule has 1 unspecified atom stereocenters. The number of sulfonamides is 1. The summed E-state index contributed by atoms with van der Waals surface area (Å²) in [5.41, 5.74) is 2.03. The summed E-state index contributed by atoms with van der Waals surface area (Å²) in [6.45, 7) is 2.74. The van der Waals surface area contributed by atoms with Crippen molar-refractivity contribution in [3.05, 3.63) is 59.7 Å². The average Bonchev–Trinajstić information content (AvgIpc) is 3.54. The van der Waals surface area contributed by atoms with Gasteiger partial charge in [0.2, 0.25) is 0 Å². The van der Waals surface area contributed by atoms with Gasteiger partial charge in [-0.1, -0.05) is 24.3 Å². The van der Waals surface area contributed by atoms with Crippen LogP contribution >= 0.6 is 0 Å². The number of nitrogens with zero attached hydrogens (tertiary/aromatic N) is 3. The number of amides is 2. The number of piperazine rings is 1. The maximum absolute atomic E-state index is 13.3. The monoisotopic (exact) mass is 469 g/mol. The summed E-state index contributed by atoms with van der Waals surface area (Å²) >= 11 is 0. The molecule has 3 heterocycles. The van der Waals surface area contributed by atoms with Gasteiger partial charge < -0.3 is 14.5 Å². The van der Waals surface area contributed by atoms with Crippen LogP contribution in [0, 0.1) is 0 Å². The Morgan fingerprint density at radius 3 is 2.42 bits per heavy atom. The van der Waals surface area contributed by atoms with E-state index in [1.807, 2.05) is 24.3 Å². The highest BCUT2D eigenvalue weighted by atomic mass is 32.2. The van der Waals surface area contributed by atoms with Gasteiger partial charge >= 0.3 is 0 Å². The Balaban J connectivity index is 1.29. The van der Waals surface area contributed by atoms with Gasteiger partial charge in [-0.05, 0) is 49.1 Å². The van der Waals surface area contributed by atoms with E-state index < -0.39 is 10.0 Å². The van der Waals surface area contributed by atoms with E-state index in [9.17, 15) is 18.0 Å². The predicted octanol–water partition coefficient (Wildman–Crippen LogP) is 1.90. The highest BCUT2D eigenvalue weighted by Gasteiger charge is 2.33. The van der Waals surface area contributed by atoms with Gasteiger partial charge in [-0.3, -0.25) is 13.9 Å². The molecule has 0 spiro atoms. The summed E-state index contributed by atoms with van der Waals surface area (Å²) in [6.07, 6.45) is 1.96. The van der Waals surface area contributed by atoms with Crippen molar-refractivity contribution in [1.82, 2.24) is 9.80 Å². The molecule has 3 aliphatic heterocycles. The molecule has 0 radical (unpaired) electrons. The minimum atomic E-state index is -3.77. The topological polar surface area (TPSA) is 87.2 Å². The van der Waals surface area contributed by atoms with Crippen molar-refractivity contribution in [1.29, 1.82) is 0 Å². The van der Waals surface area contributed by atoms with Crippen LogP contribution in [0.25, 0.3) is 0 Å². The van der Waals surface area contributed by atoms with Gasteiger partial charge in [-0.15, -0.1) is 0 Å². The fourth-order valence-electron chi connectivity index (χ4n) is 4.76. The quantitative estimate of drug-likeness (QED) is 0.683. The minimum Gasteiger partial charge on any atom is -0.368 e. The number of anilines is 1. The van der Waals surface area contributed by atoms with Crippen molar-refractivity contribution < 1.29 is 22.7 Å². The molecule has 8 nitrogen and oxygen atoms in total. The van der Waals surface area contributed by atoms with Gasteiger partial charge in [0.25, 0.3) is 21.8 Å². The Kier molecular flexibility index (Phi) is 5.84. The second-order valence-electron chi connectivity index (χ2n) is 8.60. The van der Waals surface area contributed by atoms with E-state index in [0.29, 0.717) is 57.0 Å². The molecule has 3 aliphatic rings. The Hall–Kier alpha value is -2.91. The molecule has 5 rings (SSSR count). The maximum Gasteiger partial charge on any atom is 0.264 e. The third kappa shape index (κ3) is 4.11. The third-order valence-electron chi connectivity index (χ3n) is 6.60. The summed E-state index contributed by atoms with van der Waals surface area (Å²) in [4.78, 5) is 29.2. The summed E-state index contributed by atoms with van der Waals surface area (Å²) < 4.78 is 33.6. The van der Waals surface area contributed by atoms with Crippen LogP contribution in [0.2, 0.25) is 0 Å². The van der Waals surface area contributed by atoms with Crippen molar-refractivity contribution in [2.45, 2.75) is 30.3 Å². The molecule has 0 aromatic heterocycles. The number of fused-ring (bicyclic) bond motifs is 1. The van der Waals surface area contributed by atoms with Gasteiger partial charge in [0, 0.05) is 44.9 Å². The van der Waals surface area contributed by atoms with E-state index in [2.05, 4.69) is 0 Å². The zero-order valence-electron chi connectivity index (χ0n) is 18.4. The van der Waals surface area contributed by atoms with Gasteiger partial charge in [-0.2, -0.15) is 0 Å². The van der Waals surface area contributed by atoms with Crippen molar-refractivity contribution in [3.8, 4) is 0 Å². The highest BCUT2D eigenvalue weighted by molar-refractivity contribution is 7.92. The fraction of sp³-hybridized carbons (Fsp3) is 0.417. The van der Waals surface area contributed by atoms with Crippen molar-refractivity contribution in [2.24, 2.45) is 0 Å². The molecular weight excluding hydrogens is 442 g/mol. The van der Waals surface area contributed by atoms with E-state index in [0.717, 1.165) is 18.4 Å². The van der Waals surface area contributed by atoms with E-state index in [1.54, 1.807) is 21.9 Å². The molecule has 2 amide bonds. The van der Waals surface area contributed by atoms with Gasteiger partial charge in [0.1, 0.15) is 6.10 Å². The first kappa shape index (κ1) is 21.9. The number of ether oxygens (including phenoxy) is 1. The van der Waals surface area contributed by atoms with Crippen LogP contribution in [0.15, 0.2) is 53.4 Å². The van der Waals surface area contributed by atoms with Crippen LogP contribution in [0.1, 0.15) is 28.8 Å². The van der Waals surface area contributed by atoms with Crippen LogP contribution in [0.3, 0.4) is 0 Å². The van der Waals surface area contributed by atoms with Crippen LogP contribution in [0.5, 0.6) is 0 Å². The zero-order valence-corrected chi connectivity index (χ0v) is 19.2. The Morgan fingerprint density at radius 1 is 0.909 bits per heavy atom. The smallest absolute Gasteiger partial charge is 0.264 e. The molecule has 33 heavy (non-hydrogen) atoms. The summed E-state index contributed by atoms with van der Waals surface area (Å²) in [5.74, 6) is -0.225. The lowest BCUT2D eigenvalue weighted by Crippen LogP contribution is -2.52. The zero-order chi connectivity index (χ0) is 23.0. The van der Waals surface area contributed by atoms with Crippen molar-refractivity contribution >= 4 is 27.5 Å². The molecule has 0 bridgehead atoms. The molecule has 174 valence electrons.